The molecule has 0 amide bonds. The van der Waals surface area contributed by atoms with E-state index in [1.807, 2.05) is 30.3 Å². The van der Waals surface area contributed by atoms with Crippen LogP contribution in [0.1, 0.15) is 17.0 Å². The molecule has 1 heterocycles. The van der Waals surface area contributed by atoms with Crippen molar-refractivity contribution in [2.24, 2.45) is 10.7 Å². The number of hydrogen-bond donors (Lipinski definition) is 2. The van der Waals surface area contributed by atoms with Crippen molar-refractivity contribution in [3.63, 3.8) is 0 Å². The fourth-order valence-corrected chi connectivity index (χ4v) is 2.50. The maximum absolute atomic E-state index is 5.85. The number of rotatable bonds is 2. The van der Waals surface area contributed by atoms with Crippen LogP contribution in [0.15, 0.2) is 53.5 Å². The van der Waals surface area contributed by atoms with Crippen LogP contribution in [-0.4, -0.2) is 19.6 Å². The zero-order valence-electron chi connectivity index (χ0n) is 11.3. The monoisotopic (exact) mass is 267 g/mol. The van der Waals surface area contributed by atoms with Crippen LogP contribution in [0, 0.1) is 0 Å². The second kappa shape index (κ2) is 5.25. The van der Waals surface area contributed by atoms with Gasteiger partial charge in [-0.25, -0.2) is 0 Å². The van der Waals surface area contributed by atoms with E-state index in [0.717, 1.165) is 11.4 Å². The summed E-state index contributed by atoms with van der Waals surface area (Å²) in [7, 11) is 1.67. The molecule has 3 N–H and O–H groups in total. The summed E-state index contributed by atoms with van der Waals surface area (Å²) in [6.07, 6.45) is 0. The van der Waals surface area contributed by atoms with Crippen molar-refractivity contribution in [1.82, 2.24) is 0 Å². The number of aliphatic imine (C=N–C) groups is 1. The molecule has 0 saturated carbocycles. The average Bonchev–Trinajstić information content (AvgIpc) is 2.66. The van der Waals surface area contributed by atoms with Crippen LogP contribution in [0.2, 0.25) is 0 Å². The number of guanidine groups is 1. The number of nitrogens with zero attached hydrogens (tertiary/aromatic N) is 1. The number of methoxy groups -OCH3 is 1. The molecule has 4 nitrogen and oxygen atoms in total. The molecule has 0 aromatic heterocycles. The summed E-state index contributed by atoms with van der Waals surface area (Å²) in [4.78, 5) is 4.39. The number of fused-ring (bicyclic) bond motifs is 1. The van der Waals surface area contributed by atoms with E-state index in [2.05, 4.69) is 28.5 Å². The first kappa shape index (κ1) is 12.5. The van der Waals surface area contributed by atoms with Gasteiger partial charge in [0.15, 0.2) is 5.96 Å². The molecular weight excluding hydrogens is 250 g/mol. The molecule has 0 aliphatic carbocycles. The molecule has 102 valence electrons. The lowest BCUT2D eigenvalue weighted by atomic mass is 9.90. The lowest BCUT2D eigenvalue weighted by molar-refractivity contribution is 0.414. The molecule has 1 aliphatic rings. The number of anilines is 1. The molecule has 0 radical (unpaired) electrons. The first-order valence-electron chi connectivity index (χ1n) is 6.58. The Hall–Kier alpha value is -2.49. The van der Waals surface area contributed by atoms with Crippen LogP contribution in [-0.2, 0) is 0 Å². The molecule has 0 spiro atoms. The van der Waals surface area contributed by atoms with Crippen molar-refractivity contribution in [2.75, 3.05) is 19.0 Å². The van der Waals surface area contributed by atoms with Crippen molar-refractivity contribution in [3.05, 3.63) is 59.7 Å². The molecule has 1 aliphatic heterocycles. The third kappa shape index (κ3) is 2.32. The summed E-state index contributed by atoms with van der Waals surface area (Å²) in [5.41, 5.74) is 9.29. The Morgan fingerprint density at radius 3 is 2.65 bits per heavy atom. The maximum atomic E-state index is 5.85. The predicted molar refractivity (Wildman–Crippen MR) is 81.4 cm³/mol. The summed E-state index contributed by atoms with van der Waals surface area (Å²) in [6, 6.07) is 16.3. The summed E-state index contributed by atoms with van der Waals surface area (Å²) in [6.45, 7) is 0.641. The Bertz CT molecular complexity index is 634. The third-order valence-electron chi connectivity index (χ3n) is 3.56. The van der Waals surface area contributed by atoms with Crippen LogP contribution < -0.4 is 15.8 Å². The molecule has 2 aromatic rings. The lowest BCUT2D eigenvalue weighted by Crippen LogP contribution is -2.21. The van der Waals surface area contributed by atoms with Crippen molar-refractivity contribution in [3.8, 4) is 5.75 Å². The van der Waals surface area contributed by atoms with E-state index in [0.29, 0.717) is 12.5 Å². The van der Waals surface area contributed by atoms with Crippen LogP contribution in [0.3, 0.4) is 0 Å². The normalized spacial score (nSPS) is 17.4. The molecule has 0 bridgehead atoms. The van der Waals surface area contributed by atoms with E-state index in [1.165, 1.54) is 11.1 Å². The molecule has 3 rings (SSSR count). The van der Waals surface area contributed by atoms with E-state index in [1.54, 1.807) is 7.11 Å². The minimum atomic E-state index is 0.200. The third-order valence-corrected chi connectivity index (χ3v) is 3.56. The Labute approximate surface area is 118 Å². The number of nitrogens with one attached hydrogen (secondary N) is 1. The summed E-state index contributed by atoms with van der Waals surface area (Å²) in [5.74, 6) is 1.52. The minimum absolute atomic E-state index is 0.200. The summed E-state index contributed by atoms with van der Waals surface area (Å²) < 4.78 is 5.21. The van der Waals surface area contributed by atoms with Crippen molar-refractivity contribution in [2.45, 2.75) is 5.92 Å². The fraction of sp³-hybridized carbons (Fsp3) is 0.188. The van der Waals surface area contributed by atoms with Gasteiger partial charge in [-0.15, -0.1) is 0 Å². The van der Waals surface area contributed by atoms with Gasteiger partial charge in [-0.3, -0.25) is 4.99 Å². The molecule has 0 fully saturated rings. The second-order valence-corrected chi connectivity index (χ2v) is 4.76. The summed E-state index contributed by atoms with van der Waals surface area (Å²) in [5, 5.41) is 3.15. The van der Waals surface area contributed by atoms with Gasteiger partial charge in [0.2, 0.25) is 0 Å². The van der Waals surface area contributed by atoms with Gasteiger partial charge in [-0.05, 0) is 29.3 Å². The Morgan fingerprint density at radius 1 is 1.15 bits per heavy atom. The smallest absolute Gasteiger partial charge is 0.193 e. The van der Waals surface area contributed by atoms with Gasteiger partial charge in [0, 0.05) is 11.6 Å². The number of ether oxygens (including phenoxy) is 1. The topological polar surface area (TPSA) is 59.6 Å². The first-order chi connectivity index (χ1) is 9.78. The average molecular weight is 267 g/mol. The SMILES string of the molecule is COc1ccc(C2CN=C(N)Nc3ccccc32)cc1. The van der Waals surface area contributed by atoms with Crippen molar-refractivity contribution >= 4 is 11.6 Å². The number of para-hydroxylation sites is 1. The van der Waals surface area contributed by atoms with E-state index in [-0.39, 0.29) is 5.92 Å². The van der Waals surface area contributed by atoms with Gasteiger partial charge >= 0.3 is 0 Å². The Morgan fingerprint density at radius 2 is 1.90 bits per heavy atom. The van der Waals surface area contributed by atoms with Crippen LogP contribution in [0.4, 0.5) is 5.69 Å². The second-order valence-electron chi connectivity index (χ2n) is 4.76. The molecule has 1 atom stereocenters. The highest BCUT2D eigenvalue weighted by atomic mass is 16.5. The quantitative estimate of drug-likeness (QED) is 0.879. The molecule has 2 aromatic carbocycles. The van der Waals surface area contributed by atoms with Gasteiger partial charge in [0.25, 0.3) is 0 Å². The maximum Gasteiger partial charge on any atom is 0.193 e. The van der Waals surface area contributed by atoms with E-state index in [9.17, 15) is 0 Å². The number of hydrogen-bond acceptors (Lipinski definition) is 4. The molecule has 20 heavy (non-hydrogen) atoms. The van der Waals surface area contributed by atoms with Gasteiger partial charge in [-0.1, -0.05) is 30.3 Å². The zero-order valence-corrected chi connectivity index (χ0v) is 11.3. The van der Waals surface area contributed by atoms with Crippen LogP contribution in [0.5, 0.6) is 5.75 Å². The number of nitrogens with two attached hydrogens (primary N) is 1. The Kier molecular flexibility index (Phi) is 3.29. The Balaban J connectivity index is 2.03. The van der Waals surface area contributed by atoms with Crippen molar-refractivity contribution in [1.29, 1.82) is 0 Å². The highest BCUT2D eigenvalue weighted by Gasteiger charge is 2.20. The number of benzene rings is 2. The van der Waals surface area contributed by atoms with Gasteiger partial charge in [0.1, 0.15) is 5.75 Å². The van der Waals surface area contributed by atoms with E-state index in [4.69, 9.17) is 10.5 Å². The van der Waals surface area contributed by atoms with Crippen LogP contribution in [0.25, 0.3) is 0 Å². The molecule has 1 unspecified atom stereocenters. The molecule has 0 saturated heterocycles. The van der Waals surface area contributed by atoms with Gasteiger partial charge in [0.05, 0.1) is 13.7 Å². The molecular formula is C16H17N3O. The van der Waals surface area contributed by atoms with Crippen molar-refractivity contribution < 1.29 is 4.74 Å². The van der Waals surface area contributed by atoms with Gasteiger partial charge in [-0.2, -0.15) is 0 Å². The predicted octanol–water partition coefficient (Wildman–Crippen LogP) is 2.57. The van der Waals surface area contributed by atoms with Crippen LogP contribution >= 0.6 is 0 Å². The molecule has 4 heteroatoms. The minimum Gasteiger partial charge on any atom is -0.497 e. The van der Waals surface area contributed by atoms with E-state index >= 15 is 0 Å². The largest absolute Gasteiger partial charge is 0.497 e. The summed E-state index contributed by atoms with van der Waals surface area (Å²) >= 11 is 0. The fourth-order valence-electron chi connectivity index (χ4n) is 2.50. The lowest BCUT2D eigenvalue weighted by Gasteiger charge is -2.17. The zero-order chi connectivity index (χ0) is 13.9. The van der Waals surface area contributed by atoms with Gasteiger partial charge < -0.3 is 15.8 Å². The highest BCUT2D eigenvalue weighted by molar-refractivity contribution is 5.94. The van der Waals surface area contributed by atoms with E-state index < -0.39 is 0 Å². The first-order valence-corrected chi connectivity index (χ1v) is 6.58. The highest BCUT2D eigenvalue weighted by Crippen LogP contribution is 2.32. The standard InChI is InChI=1S/C16H17N3O/c1-20-12-8-6-11(7-9-12)14-10-18-16(17)19-15-5-3-2-4-13(14)15/h2-9,14H,10H2,1H3,(H3,17,18,19).